The van der Waals surface area contributed by atoms with E-state index in [0.29, 0.717) is 0 Å². The molecule has 0 aromatic carbocycles. The van der Waals surface area contributed by atoms with Crippen LogP contribution in [-0.2, 0) is 0 Å². The van der Waals surface area contributed by atoms with E-state index in [-0.39, 0.29) is 0 Å². The van der Waals surface area contributed by atoms with Gasteiger partial charge in [-0.1, -0.05) is 47.5 Å². The van der Waals surface area contributed by atoms with Crippen LogP contribution in [0.5, 0.6) is 0 Å². The first-order valence-electron chi connectivity index (χ1n) is 7.08. The molecule has 0 N–H and O–H groups in total. The summed E-state index contributed by atoms with van der Waals surface area (Å²) in [4.78, 5) is 0. The van der Waals surface area contributed by atoms with E-state index in [1.807, 2.05) is 0 Å². The Kier molecular flexibility index (Phi) is 5.15. The van der Waals surface area contributed by atoms with Gasteiger partial charge in [0.2, 0.25) is 0 Å². The number of hydrogen-bond acceptors (Lipinski definition) is 0. The number of rotatable bonds is 5. The smallest absolute Gasteiger partial charge is 0.0381 e. The summed E-state index contributed by atoms with van der Waals surface area (Å²) >= 11 is 0. The molecule has 0 heteroatoms. The summed E-state index contributed by atoms with van der Waals surface area (Å²) in [7, 11) is 0. The van der Waals surface area contributed by atoms with Crippen LogP contribution in [-0.4, -0.2) is 0 Å². The molecular weight excluding hydrogens is 180 g/mol. The van der Waals surface area contributed by atoms with Gasteiger partial charge in [0.15, 0.2) is 0 Å². The maximum absolute atomic E-state index is 2.46. The standard InChI is InChI=1S/C15H30/c1-6-12(4)13(5)10-15-9-11(3)8-14(15)7-2/h11-15H,6-10H2,1-5H3. The third-order valence-electron chi connectivity index (χ3n) is 4.89. The summed E-state index contributed by atoms with van der Waals surface area (Å²) < 4.78 is 0. The van der Waals surface area contributed by atoms with Gasteiger partial charge in [0.1, 0.15) is 0 Å². The quantitative estimate of drug-likeness (QED) is 0.590. The summed E-state index contributed by atoms with van der Waals surface area (Å²) in [5.74, 6) is 4.90. The highest BCUT2D eigenvalue weighted by atomic mass is 14.4. The Bertz CT molecular complexity index is 173. The molecule has 0 aromatic rings. The predicted molar refractivity (Wildman–Crippen MR) is 68.9 cm³/mol. The molecular formula is C15H30. The van der Waals surface area contributed by atoms with Gasteiger partial charge in [-0.3, -0.25) is 0 Å². The average Bonchev–Trinajstić information content (AvgIpc) is 2.57. The van der Waals surface area contributed by atoms with Crippen molar-refractivity contribution >= 4 is 0 Å². The van der Waals surface area contributed by atoms with Crippen molar-refractivity contribution < 1.29 is 0 Å². The highest BCUT2D eigenvalue weighted by Crippen LogP contribution is 2.42. The second kappa shape index (κ2) is 5.92. The summed E-state index contributed by atoms with van der Waals surface area (Å²) in [6, 6.07) is 0. The van der Waals surface area contributed by atoms with Crippen LogP contribution in [0, 0.1) is 29.6 Å². The van der Waals surface area contributed by atoms with Gasteiger partial charge in [-0.25, -0.2) is 0 Å². The average molecular weight is 210 g/mol. The molecule has 1 rings (SSSR count). The Hall–Kier alpha value is 0. The van der Waals surface area contributed by atoms with Gasteiger partial charge in [-0.2, -0.15) is 0 Å². The topological polar surface area (TPSA) is 0 Å². The molecule has 0 nitrogen and oxygen atoms in total. The first-order chi connectivity index (χ1) is 7.08. The Labute approximate surface area is 96.8 Å². The van der Waals surface area contributed by atoms with E-state index in [1.165, 1.54) is 32.1 Å². The lowest BCUT2D eigenvalue weighted by molar-refractivity contribution is 0.253. The van der Waals surface area contributed by atoms with Crippen LogP contribution >= 0.6 is 0 Å². The van der Waals surface area contributed by atoms with Gasteiger partial charge < -0.3 is 0 Å². The Morgan fingerprint density at radius 2 is 1.60 bits per heavy atom. The van der Waals surface area contributed by atoms with Crippen molar-refractivity contribution in [2.24, 2.45) is 29.6 Å². The lowest BCUT2D eigenvalue weighted by Gasteiger charge is -2.25. The van der Waals surface area contributed by atoms with E-state index in [9.17, 15) is 0 Å². The summed E-state index contributed by atoms with van der Waals surface area (Å²) in [5, 5.41) is 0. The van der Waals surface area contributed by atoms with E-state index in [0.717, 1.165) is 29.6 Å². The third-order valence-corrected chi connectivity index (χ3v) is 4.89. The molecule has 0 amide bonds. The van der Waals surface area contributed by atoms with E-state index in [4.69, 9.17) is 0 Å². The van der Waals surface area contributed by atoms with Crippen molar-refractivity contribution in [1.29, 1.82) is 0 Å². The minimum absolute atomic E-state index is 0.915. The zero-order chi connectivity index (χ0) is 11.4. The molecule has 0 saturated heterocycles. The first-order valence-corrected chi connectivity index (χ1v) is 7.08. The molecule has 1 aliphatic carbocycles. The second-order valence-electron chi connectivity index (χ2n) is 6.10. The van der Waals surface area contributed by atoms with E-state index in [1.54, 1.807) is 0 Å². The predicted octanol–water partition coefficient (Wildman–Crippen LogP) is 5.13. The largest absolute Gasteiger partial charge is 0.0651 e. The molecule has 90 valence electrons. The molecule has 0 bridgehead atoms. The Balaban J connectivity index is 2.43. The number of hydrogen-bond donors (Lipinski definition) is 0. The Morgan fingerprint density at radius 1 is 1.00 bits per heavy atom. The maximum atomic E-state index is 2.46. The molecule has 0 heterocycles. The van der Waals surface area contributed by atoms with Gasteiger partial charge in [-0.05, 0) is 48.9 Å². The highest BCUT2D eigenvalue weighted by Gasteiger charge is 2.31. The lowest BCUT2D eigenvalue weighted by atomic mass is 9.80. The summed E-state index contributed by atoms with van der Waals surface area (Å²) in [6.07, 6.45) is 7.23. The van der Waals surface area contributed by atoms with Crippen molar-refractivity contribution in [2.45, 2.75) is 66.7 Å². The van der Waals surface area contributed by atoms with Crippen molar-refractivity contribution in [1.82, 2.24) is 0 Å². The molecule has 15 heavy (non-hydrogen) atoms. The van der Waals surface area contributed by atoms with Gasteiger partial charge in [0.25, 0.3) is 0 Å². The highest BCUT2D eigenvalue weighted by molar-refractivity contribution is 4.82. The first kappa shape index (κ1) is 13.1. The lowest BCUT2D eigenvalue weighted by Crippen LogP contribution is -2.15. The van der Waals surface area contributed by atoms with E-state index in [2.05, 4.69) is 34.6 Å². The molecule has 5 unspecified atom stereocenters. The van der Waals surface area contributed by atoms with Crippen molar-refractivity contribution in [3.05, 3.63) is 0 Å². The van der Waals surface area contributed by atoms with Crippen LogP contribution < -0.4 is 0 Å². The van der Waals surface area contributed by atoms with E-state index < -0.39 is 0 Å². The van der Waals surface area contributed by atoms with Crippen LogP contribution in [0.3, 0.4) is 0 Å². The van der Waals surface area contributed by atoms with Crippen LogP contribution in [0.15, 0.2) is 0 Å². The zero-order valence-electron chi connectivity index (χ0n) is 11.4. The molecule has 0 aromatic heterocycles. The van der Waals surface area contributed by atoms with Crippen LogP contribution in [0.2, 0.25) is 0 Å². The van der Waals surface area contributed by atoms with Gasteiger partial charge in [0.05, 0.1) is 0 Å². The fourth-order valence-corrected chi connectivity index (χ4v) is 3.42. The van der Waals surface area contributed by atoms with Gasteiger partial charge >= 0.3 is 0 Å². The minimum atomic E-state index is 0.915. The van der Waals surface area contributed by atoms with Crippen LogP contribution in [0.1, 0.15) is 66.7 Å². The summed E-state index contributed by atoms with van der Waals surface area (Å²) in [6.45, 7) is 12.0. The fourth-order valence-electron chi connectivity index (χ4n) is 3.42. The zero-order valence-corrected chi connectivity index (χ0v) is 11.4. The molecule has 0 aliphatic heterocycles. The second-order valence-corrected chi connectivity index (χ2v) is 6.10. The normalized spacial score (nSPS) is 35.4. The molecule has 5 atom stereocenters. The third kappa shape index (κ3) is 3.50. The fraction of sp³-hybridized carbons (Fsp3) is 1.00. The van der Waals surface area contributed by atoms with Crippen molar-refractivity contribution in [2.75, 3.05) is 0 Å². The summed E-state index contributed by atoms with van der Waals surface area (Å²) in [5.41, 5.74) is 0. The van der Waals surface area contributed by atoms with Gasteiger partial charge in [0, 0.05) is 0 Å². The van der Waals surface area contributed by atoms with Crippen LogP contribution in [0.4, 0.5) is 0 Å². The minimum Gasteiger partial charge on any atom is -0.0651 e. The molecule has 0 spiro atoms. The SMILES string of the molecule is CCC(C)C(C)CC1CC(C)CC1CC. The van der Waals surface area contributed by atoms with E-state index >= 15 is 0 Å². The Morgan fingerprint density at radius 3 is 2.13 bits per heavy atom. The molecule has 1 aliphatic rings. The molecule has 0 radical (unpaired) electrons. The maximum Gasteiger partial charge on any atom is -0.0381 e. The van der Waals surface area contributed by atoms with Crippen LogP contribution in [0.25, 0.3) is 0 Å². The van der Waals surface area contributed by atoms with Crippen molar-refractivity contribution in [3.8, 4) is 0 Å². The monoisotopic (exact) mass is 210 g/mol. The molecule has 1 fully saturated rings. The van der Waals surface area contributed by atoms with Crippen molar-refractivity contribution in [3.63, 3.8) is 0 Å². The van der Waals surface area contributed by atoms with Gasteiger partial charge in [-0.15, -0.1) is 0 Å². The molecule has 1 saturated carbocycles.